The van der Waals surface area contributed by atoms with Crippen LogP contribution in [0.2, 0.25) is 5.02 Å². The summed E-state index contributed by atoms with van der Waals surface area (Å²) in [5, 5.41) is 9.76. The van der Waals surface area contributed by atoms with Crippen LogP contribution in [-0.4, -0.2) is 71.7 Å². The van der Waals surface area contributed by atoms with Gasteiger partial charge in [-0.2, -0.15) is 0 Å². The first-order valence-electron chi connectivity index (χ1n) is 15.0. The molecule has 0 saturated carbocycles. The molecule has 8 nitrogen and oxygen atoms in total. The van der Waals surface area contributed by atoms with Crippen molar-refractivity contribution in [2.24, 2.45) is 11.8 Å². The van der Waals surface area contributed by atoms with E-state index in [0.29, 0.717) is 49.4 Å². The van der Waals surface area contributed by atoms with Crippen molar-refractivity contribution >= 4 is 40.7 Å². The molecule has 228 valence electrons. The Bertz CT molecular complexity index is 1360. The van der Waals surface area contributed by atoms with E-state index in [4.69, 9.17) is 16.3 Å². The molecule has 9 heteroatoms. The molecule has 1 N–H and O–H groups in total. The van der Waals surface area contributed by atoms with Crippen LogP contribution in [0, 0.1) is 18.8 Å². The number of unbranched alkanes of at least 4 members (excludes halogenated alkanes) is 2. The molecule has 0 aliphatic carbocycles. The molecule has 3 aliphatic heterocycles. The second-order valence-corrected chi connectivity index (χ2v) is 12.0. The van der Waals surface area contributed by atoms with Crippen LogP contribution in [0.1, 0.15) is 37.7 Å². The van der Waals surface area contributed by atoms with E-state index < -0.39 is 29.6 Å². The Morgan fingerprint density at radius 1 is 1.05 bits per heavy atom. The lowest BCUT2D eigenvalue weighted by atomic mass is 9.70. The van der Waals surface area contributed by atoms with Gasteiger partial charge in [0.05, 0.1) is 28.6 Å². The van der Waals surface area contributed by atoms with Crippen molar-refractivity contribution in [3.05, 3.63) is 84.4 Å². The fraction of sp³-hybridized carbons (Fsp3) is 0.441. The maximum absolute atomic E-state index is 14.7. The first-order chi connectivity index (χ1) is 20.8. The number of rotatable bonds is 13. The van der Waals surface area contributed by atoms with Gasteiger partial charge < -0.3 is 24.5 Å². The van der Waals surface area contributed by atoms with Crippen LogP contribution in [-0.2, 0) is 19.1 Å². The highest BCUT2D eigenvalue weighted by Crippen LogP contribution is 2.59. The zero-order chi connectivity index (χ0) is 30.7. The number of likely N-dealkylation sites (tertiary alicyclic amines) is 1. The summed E-state index contributed by atoms with van der Waals surface area (Å²) in [7, 11) is 0. The van der Waals surface area contributed by atoms with Crippen molar-refractivity contribution in [3.8, 4) is 0 Å². The molecule has 3 saturated heterocycles. The standard InChI is InChI=1S/C34H40ClN3O5/c1-4-19-36(24-14-8-6-9-15-24)31(40)27-26-17-18-34(43-26)28(27)32(41)38(21-10-7-11-22-39)30(34)33(42)37(20-5-2)29-23(3)13-12-16-25(29)35/h4-6,8-9,12-16,26-28,30,39H,1-2,7,10-11,17-22H2,3H3/t26-,27+,28+,30?,34?/m1/s1. The van der Waals surface area contributed by atoms with Gasteiger partial charge in [0.2, 0.25) is 11.8 Å². The molecular weight excluding hydrogens is 566 g/mol. The number of halogens is 1. The predicted molar refractivity (Wildman–Crippen MR) is 168 cm³/mol. The van der Waals surface area contributed by atoms with Crippen molar-refractivity contribution in [1.29, 1.82) is 0 Å². The number of para-hydroxylation sites is 2. The molecule has 2 unspecified atom stereocenters. The van der Waals surface area contributed by atoms with Crippen LogP contribution in [0.5, 0.6) is 0 Å². The third-order valence-electron chi connectivity index (χ3n) is 9.06. The van der Waals surface area contributed by atoms with E-state index in [0.717, 1.165) is 11.3 Å². The van der Waals surface area contributed by atoms with Gasteiger partial charge in [0.25, 0.3) is 5.91 Å². The van der Waals surface area contributed by atoms with Crippen LogP contribution in [0.15, 0.2) is 73.8 Å². The van der Waals surface area contributed by atoms with Crippen molar-refractivity contribution < 1.29 is 24.2 Å². The summed E-state index contributed by atoms with van der Waals surface area (Å²) in [5.41, 5.74) is 0.974. The van der Waals surface area contributed by atoms with E-state index in [-0.39, 0.29) is 37.4 Å². The monoisotopic (exact) mass is 605 g/mol. The summed E-state index contributed by atoms with van der Waals surface area (Å²) in [6.07, 6.45) is 5.83. The minimum absolute atomic E-state index is 0.0573. The highest BCUT2D eigenvalue weighted by molar-refractivity contribution is 6.34. The number of carbonyl (C=O) groups excluding carboxylic acids is 3. The smallest absolute Gasteiger partial charge is 0.253 e. The van der Waals surface area contributed by atoms with Gasteiger partial charge in [-0.15, -0.1) is 13.2 Å². The second kappa shape index (κ2) is 13.0. The average molecular weight is 606 g/mol. The van der Waals surface area contributed by atoms with Crippen LogP contribution >= 0.6 is 11.6 Å². The van der Waals surface area contributed by atoms with Crippen LogP contribution in [0.4, 0.5) is 11.4 Å². The fourth-order valence-electron chi connectivity index (χ4n) is 7.30. The SMILES string of the molecule is C=CCN(C(=O)[C@@H]1[C@H]2C(=O)N(CCCCCO)C(C(=O)N(CC=C)c3c(C)cccc3Cl)C23CC[C@H]1O3)c1ccccc1. The summed E-state index contributed by atoms with van der Waals surface area (Å²) in [4.78, 5) is 48.4. The molecule has 2 aromatic carbocycles. The van der Waals surface area contributed by atoms with Crippen molar-refractivity contribution in [2.75, 3.05) is 36.0 Å². The van der Waals surface area contributed by atoms with E-state index in [1.54, 1.807) is 32.9 Å². The Morgan fingerprint density at radius 2 is 1.77 bits per heavy atom. The highest BCUT2D eigenvalue weighted by Gasteiger charge is 2.75. The molecule has 2 bridgehead atoms. The Hall–Kier alpha value is -3.46. The lowest BCUT2D eigenvalue weighted by Crippen LogP contribution is -2.57. The number of amides is 3. The maximum atomic E-state index is 14.7. The summed E-state index contributed by atoms with van der Waals surface area (Å²) < 4.78 is 6.69. The zero-order valence-electron chi connectivity index (χ0n) is 24.7. The number of aryl methyl sites for hydroxylation is 1. The number of carbonyl (C=O) groups is 3. The topological polar surface area (TPSA) is 90.4 Å². The number of anilines is 2. The number of benzene rings is 2. The summed E-state index contributed by atoms with van der Waals surface area (Å²) in [6.45, 7) is 10.5. The van der Waals surface area contributed by atoms with Crippen LogP contribution in [0.3, 0.4) is 0 Å². The van der Waals surface area contributed by atoms with Gasteiger partial charge in [-0.1, -0.05) is 54.1 Å². The van der Waals surface area contributed by atoms with Gasteiger partial charge in [-0.25, -0.2) is 0 Å². The normalized spacial score (nSPS) is 25.5. The average Bonchev–Trinajstić information content (AvgIpc) is 3.64. The minimum atomic E-state index is -1.14. The number of aliphatic hydroxyl groups excluding tert-OH is 1. The second-order valence-electron chi connectivity index (χ2n) is 11.6. The molecule has 1 spiro atoms. The summed E-state index contributed by atoms with van der Waals surface area (Å²) in [5.74, 6) is -2.25. The maximum Gasteiger partial charge on any atom is 0.253 e. The van der Waals surface area contributed by atoms with E-state index in [9.17, 15) is 19.5 Å². The first-order valence-corrected chi connectivity index (χ1v) is 15.4. The largest absolute Gasteiger partial charge is 0.396 e. The van der Waals surface area contributed by atoms with E-state index in [1.807, 2.05) is 49.4 Å². The molecule has 5 rings (SSSR count). The van der Waals surface area contributed by atoms with Gasteiger partial charge in [0, 0.05) is 31.9 Å². The van der Waals surface area contributed by atoms with Gasteiger partial charge in [-0.05, 0) is 62.8 Å². The van der Waals surface area contributed by atoms with E-state index >= 15 is 0 Å². The van der Waals surface area contributed by atoms with Gasteiger partial charge >= 0.3 is 0 Å². The Balaban J connectivity index is 1.56. The van der Waals surface area contributed by atoms with E-state index in [1.165, 1.54) is 0 Å². The lowest BCUT2D eigenvalue weighted by molar-refractivity contribution is -0.140. The molecule has 5 atom stereocenters. The number of hydrogen-bond acceptors (Lipinski definition) is 5. The first kappa shape index (κ1) is 31.0. The predicted octanol–water partition coefficient (Wildman–Crippen LogP) is 4.92. The molecule has 0 aromatic heterocycles. The molecule has 43 heavy (non-hydrogen) atoms. The van der Waals surface area contributed by atoms with Gasteiger partial charge in [0.15, 0.2) is 0 Å². The number of fused-ring (bicyclic) bond motifs is 1. The third-order valence-corrected chi connectivity index (χ3v) is 9.36. The molecule has 3 fully saturated rings. The Labute approximate surface area is 258 Å². The summed E-state index contributed by atoms with van der Waals surface area (Å²) >= 11 is 6.65. The minimum Gasteiger partial charge on any atom is -0.396 e. The zero-order valence-corrected chi connectivity index (χ0v) is 25.4. The molecule has 2 aromatic rings. The van der Waals surface area contributed by atoms with Crippen molar-refractivity contribution in [2.45, 2.75) is 56.8 Å². The molecule has 3 heterocycles. The van der Waals surface area contributed by atoms with Crippen LogP contribution in [0.25, 0.3) is 0 Å². The molecule has 3 aliphatic rings. The summed E-state index contributed by atoms with van der Waals surface area (Å²) in [6, 6.07) is 13.9. The van der Waals surface area contributed by atoms with E-state index in [2.05, 4.69) is 13.2 Å². The fourth-order valence-corrected chi connectivity index (χ4v) is 7.62. The number of nitrogens with zero attached hydrogens (tertiary/aromatic N) is 3. The van der Waals surface area contributed by atoms with Crippen molar-refractivity contribution in [1.82, 2.24) is 4.90 Å². The quantitative estimate of drug-likeness (QED) is 0.258. The lowest BCUT2D eigenvalue weighted by Gasteiger charge is -2.37. The Morgan fingerprint density at radius 3 is 2.44 bits per heavy atom. The van der Waals surface area contributed by atoms with Gasteiger partial charge in [0.1, 0.15) is 11.6 Å². The molecule has 3 amide bonds. The number of aliphatic hydroxyl groups is 1. The number of hydrogen-bond donors (Lipinski definition) is 1. The van der Waals surface area contributed by atoms with Gasteiger partial charge in [-0.3, -0.25) is 14.4 Å². The molecular formula is C34H40ClN3O5. The Kier molecular flexibility index (Phi) is 9.39. The van der Waals surface area contributed by atoms with Crippen molar-refractivity contribution in [3.63, 3.8) is 0 Å². The van der Waals surface area contributed by atoms with Crippen LogP contribution < -0.4 is 9.80 Å². The molecule has 0 radical (unpaired) electrons. The third kappa shape index (κ3) is 5.41. The highest BCUT2D eigenvalue weighted by atomic mass is 35.5. The number of ether oxygens (including phenoxy) is 1.